The molecule has 0 atom stereocenters. The van der Waals surface area contributed by atoms with Crippen LogP contribution in [0.1, 0.15) is 42.3 Å². The molecule has 6 rings (SSSR count). The fraction of sp³-hybridized carbons (Fsp3) is 0.163. The predicted molar refractivity (Wildman–Crippen MR) is 201 cm³/mol. The Hall–Kier alpha value is -4.41. The average molecular weight is 825 g/mol. The van der Waals surface area contributed by atoms with Gasteiger partial charge in [0.2, 0.25) is 0 Å². The van der Waals surface area contributed by atoms with Gasteiger partial charge in [0.05, 0.1) is 13.6 Å². The van der Waals surface area contributed by atoms with Gasteiger partial charge in [-0.15, -0.1) is 35.4 Å². The minimum atomic E-state index is -1.41. The summed E-state index contributed by atoms with van der Waals surface area (Å²) in [5.41, 5.74) is 8.14. The molecule has 0 aliphatic rings. The maximum Gasteiger partial charge on any atom is 0.189 e. The molecule has 1 heterocycles. The molecule has 1 aromatic heterocycles. The van der Waals surface area contributed by atoms with Crippen molar-refractivity contribution in [2.24, 2.45) is 0 Å². The van der Waals surface area contributed by atoms with Gasteiger partial charge in [-0.05, 0) is 28.3 Å². The number of allylic oxidation sites excluding steroid dienone is 1. The number of rotatable bonds is 6. The van der Waals surface area contributed by atoms with Crippen LogP contribution in [0, 0.1) is 6.07 Å². The van der Waals surface area contributed by atoms with E-state index in [-0.39, 0.29) is 37.1 Å². The van der Waals surface area contributed by atoms with Crippen LogP contribution in [0.3, 0.4) is 0 Å². The number of aliphatic hydroxyl groups is 1. The summed E-state index contributed by atoms with van der Waals surface area (Å²) in [5.74, 6) is -0.216. The second-order valence-corrected chi connectivity index (χ2v) is 18.8. The second-order valence-electron chi connectivity index (χ2n) is 13.8. The largest absolute Gasteiger partial charge is 0.507 e. The fourth-order valence-corrected chi connectivity index (χ4v) is 6.43. The number of aromatic nitrogens is 1. The number of hydrogen-bond acceptors (Lipinski definition) is 3. The Morgan fingerprint density at radius 3 is 1.92 bits per heavy atom. The zero-order valence-electron chi connectivity index (χ0n) is 28.4. The number of aliphatic hydroxyl groups excluding tert-OH is 1. The van der Waals surface area contributed by atoms with Crippen LogP contribution in [0.2, 0.25) is 19.6 Å². The molecule has 48 heavy (non-hydrogen) atoms. The van der Waals surface area contributed by atoms with E-state index in [1.54, 1.807) is 36.4 Å². The molecule has 5 heteroatoms. The van der Waals surface area contributed by atoms with Gasteiger partial charge in [0, 0.05) is 42.7 Å². The predicted octanol–water partition coefficient (Wildman–Crippen LogP) is 10.7. The van der Waals surface area contributed by atoms with Gasteiger partial charge in [-0.1, -0.05) is 155 Å². The van der Waals surface area contributed by atoms with Crippen LogP contribution < -0.4 is 5.19 Å². The van der Waals surface area contributed by atoms with E-state index < -0.39 is 8.07 Å². The van der Waals surface area contributed by atoms with Crippen LogP contribution in [0.25, 0.3) is 39.0 Å². The summed E-state index contributed by atoms with van der Waals surface area (Å²) >= 11 is 0. The fourth-order valence-electron chi connectivity index (χ4n) is 5.27. The van der Waals surface area contributed by atoms with Crippen molar-refractivity contribution >= 4 is 35.7 Å². The number of fused-ring (bicyclic) bond motifs is 1. The van der Waals surface area contributed by atoms with Crippen LogP contribution in [0.15, 0.2) is 140 Å². The third kappa shape index (κ3) is 9.14. The Balaban J connectivity index is 0.000000246. The molecule has 0 aliphatic heterocycles. The van der Waals surface area contributed by atoms with Crippen molar-refractivity contribution in [3.05, 3.63) is 162 Å². The summed E-state index contributed by atoms with van der Waals surface area (Å²) in [7, 11) is -1.41. The number of carbonyl (C=O) groups excluding carboxylic acids is 1. The van der Waals surface area contributed by atoms with Crippen molar-refractivity contribution in [2.75, 3.05) is 0 Å². The van der Waals surface area contributed by atoms with Gasteiger partial charge < -0.3 is 5.11 Å². The minimum absolute atomic E-state index is 0. The molecule has 0 amide bonds. The third-order valence-corrected chi connectivity index (χ3v) is 10.1. The maximum atomic E-state index is 11.8. The molecule has 0 bridgehead atoms. The normalized spacial score (nSPS) is 11.7. The van der Waals surface area contributed by atoms with Gasteiger partial charge in [-0.2, -0.15) is 0 Å². The van der Waals surface area contributed by atoms with Crippen molar-refractivity contribution in [3.63, 3.8) is 0 Å². The first kappa shape index (κ1) is 36.4. The number of carbonyl (C=O) groups is 1. The molecule has 0 saturated carbocycles. The van der Waals surface area contributed by atoms with E-state index in [9.17, 15) is 9.90 Å². The Morgan fingerprint density at radius 2 is 1.33 bits per heavy atom. The molecule has 1 N–H and O–H groups in total. The quantitative estimate of drug-likeness (QED) is 0.0598. The summed E-state index contributed by atoms with van der Waals surface area (Å²) in [5, 5.41) is 12.5. The van der Waals surface area contributed by atoms with Crippen LogP contribution in [0.5, 0.6) is 0 Å². The Kier molecular flexibility index (Phi) is 11.9. The van der Waals surface area contributed by atoms with Gasteiger partial charge in [0.1, 0.15) is 5.76 Å². The molecule has 1 radical (unpaired) electrons. The second kappa shape index (κ2) is 15.7. The maximum absolute atomic E-state index is 11.8. The van der Waals surface area contributed by atoms with Gasteiger partial charge >= 0.3 is 0 Å². The van der Waals surface area contributed by atoms with Gasteiger partial charge in [-0.3, -0.25) is 9.78 Å². The molecule has 0 aliphatic carbocycles. The first-order chi connectivity index (χ1) is 22.4. The SMILES string of the molecule is CC(C)(C)c1cc[c-]c(-c2cc(-c3ccccc3)c3cc([Si](C)(C)C)ccc3n2)c1.O=C(/C=C(\O)c1ccccc1)c1ccccc1.[Ir]. The zero-order valence-corrected chi connectivity index (χ0v) is 31.8. The Bertz CT molecular complexity index is 2010. The molecule has 3 nitrogen and oxygen atoms in total. The number of nitrogens with zero attached hydrogens (tertiary/aromatic N) is 1. The van der Waals surface area contributed by atoms with Crippen LogP contribution in [-0.4, -0.2) is 23.9 Å². The van der Waals surface area contributed by atoms with E-state index in [0.29, 0.717) is 11.1 Å². The van der Waals surface area contributed by atoms with Crippen molar-refractivity contribution in [2.45, 2.75) is 45.8 Å². The molecular formula is C43H42IrNO2Si-. The Morgan fingerprint density at radius 1 is 0.750 bits per heavy atom. The van der Waals surface area contributed by atoms with Crippen molar-refractivity contribution in [1.82, 2.24) is 4.98 Å². The first-order valence-corrected chi connectivity index (χ1v) is 19.5. The van der Waals surface area contributed by atoms with Gasteiger partial charge in [0.25, 0.3) is 0 Å². The topological polar surface area (TPSA) is 50.2 Å². The molecule has 0 spiro atoms. The zero-order chi connectivity index (χ0) is 33.6. The monoisotopic (exact) mass is 825 g/mol. The van der Waals surface area contributed by atoms with E-state index in [4.69, 9.17) is 4.98 Å². The standard InChI is InChI=1S/C28H30NSi.C15H12O2.Ir/c1-28(2,3)22-14-10-13-21(17-22)27-19-24(20-11-8-7-9-12-20)25-18-23(30(4,5)6)15-16-26(25)29-27;16-14(12-7-3-1-4-8-12)11-15(17)13-9-5-2-6-10-13;/h7-12,14-19H,1-6H3;1-11,16H;/q-1;;/b;14-11-;. The summed E-state index contributed by atoms with van der Waals surface area (Å²) in [6, 6.07) is 47.4. The van der Waals surface area contributed by atoms with Crippen LogP contribution in [0.4, 0.5) is 0 Å². The number of pyridine rings is 1. The molecule has 6 aromatic rings. The summed E-state index contributed by atoms with van der Waals surface area (Å²) in [6.07, 6.45) is 1.24. The third-order valence-electron chi connectivity index (χ3n) is 8.10. The van der Waals surface area contributed by atoms with Crippen molar-refractivity contribution in [3.8, 4) is 22.4 Å². The smallest absolute Gasteiger partial charge is 0.189 e. The van der Waals surface area contributed by atoms with Gasteiger partial charge in [-0.25, -0.2) is 0 Å². The summed E-state index contributed by atoms with van der Waals surface area (Å²) in [6.45, 7) is 13.9. The number of ketones is 1. The van der Waals surface area contributed by atoms with E-state index in [0.717, 1.165) is 16.8 Å². The minimum Gasteiger partial charge on any atom is -0.507 e. The Labute approximate surface area is 299 Å². The molecule has 5 aromatic carbocycles. The molecule has 0 saturated heterocycles. The molecule has 245 valence electrons. The summed E-state index contributed by atoms with van der Waals surface area (Å²) < 4.78 is 0. The van der Waals surface area contributed by atoms with Crippen LogP contribution >= 0.6 is 0 Å². The van der Waals surface area contributed by atoms with Gasteiger partial charge in [0.15, 0.2) is 5.78 Å². The van der Waals surface area contributed by atoms with E-state index in [2.05, 4.69) is 113 Å². The first-order valence-electron chi connectivity index (χ1n) is 16.0. The number of benzene rings is 5. The van der Waals surface area contributed by atoms with E-state index in [1.165, 1.54) is 33.3 Å². The van der Waals surface area contributed by atoms with Crippen molar-refractivity contribution in [1.29, 1.82) is 0 Å². The average Bonchev–Trinajstić information content (AvgIpc) is 3.08. The molecule has 0 unspecified atom stereocenters. The van der Waals surface area contributed by atoms with Crippen LogP contribution in [-0.2, 0) is 25.5 Å². The molecular weight excluding hydrogens is 783 g/mol. The number of hydrogen-bond donors (Lipinski definition) is 1. The van der Waals surface area contributed by atoms with E-state index in [1.807, 2.05) is 30.3 Å². The summed E-state index contributed by atoms with van der Waals surface area (Å²) in [4.78, 5) is 16.9. The molecule has 0 fully saturated rings. The van der Waals surface area contributed by atoms with Crippen molar-refractivity contribution < 1.29 is 30.0 Å². The van der Waals surface area contributed by atoms with E-state index >= 15 is 0 Å².